The molecule has 0 saturated carbocycles. The standard InChI is InChI=1S/C27H48/c1-4-5-6-7-8-9-10-11-12-13-14-15-16-17-18-19-22-26-23-20-21-24-27(26)25(2)3/h20-21,23-25H,4-19,22H2,1-3H3. The molecule has 0 saturated heterocycles. The third-order valence-electron chi connectivity index (χ3n) is 5.98. The molecule has 0 heterocycles. The van der Waals surface area contributed by atoms with Crippen LogP contribution in [-0.2, 0) is 6.42 Å². The van der Waals surface area contributed by atoms with Gasteiger partial charge in [-0.15, -0.1) is 0 Å². The van der Waals surface area contributed by atoms with E-state index in [0.29, 0.717) is 5.92 Å². The Morgan fingerprint density at radius 1 is 0.556 bits per heavy atom. The van der Waals surface area contributed by atoms with Gasteiger partial charge in [0.1, 0.15) is 0 Å². The molecule has 0 atom stereocenters. The van der Waals surface area contributed by atoms with E-state index < -0.39 is 0 Å². The second-order valence-electron chi connectivity index (χ2n) is 8.91. The molecular weight excluding hydrogens is 324 g/mol. The molecule has 0 fully saturated rings. The Balaban J connectivity index is 1.85. The van der Waals surface area contributed by atoms with Crippen molar-refractivity contribution < 1.29 is 0 Å². The minimum atomic E-state index is 0.655. The van der Waals surface area contributed by atoms with E-state index in [9.17, 15) is 0 Å². The minimum Gasteiger partial charge on any atom is -0.0654 e. The van der Waals surface area contributed by atoms with E-state index in [1.807, 2.05) is 0 Å². The molecule has 1 aromatic carbocycles. The Kier molecular flexibility index (Phi) is 15.6. The normalized spacial score (nSPS) is 11.4. The molecule has 0 aliphatic heterocycles. The third kappa shape index (κ3) is 13.1. The molecule has 0 N–H and O–H groups in total. The van der Waals surface area contributed by atoms with E-state index in [0.717, 1.165) is 0 Å². The van der Waals surface area contributed by atoms with Crippen molar-refractivity contribution in [1.29, 1.82) is 0 Å². The summed E-state index contributed by atoms with van der Waals surface area (Å²) in [5.74, 6) is 0.655. The molecule has 0 heteroatoms. The van der Waals surface area contributed by atoms with Gasteiger partial charge in [0.05, 0.1) is 0 Å². The van der Waals surface area contributed by atoms with Crippen LogP contribution in [0, 0.1) is 0 Å². The predicted molar refractivity (Wildman–Crippen MR) is 124 cm³/mol. The number of unbranched alkanes of at least 4 members (excludes halogenated alkanes) is 15. The Labute approximate surface area is 171 Å². The van der Waals surface area contributed by atoms with Gasteiger partial charge >= 0.3 is 0 Å². The maximum atomic E-state index is 2.33. The first-order valence-corrected chi connectivity index (χ1v) is 12.3. The first kappa shape index (κ1) is 24.3. The summed E-state index contributed by atoms with van der Waals surface area (Å²) in [6.07, 6.45) is 24.4. The van der Waals surface area contributed by atoms with E-state index in [1.165, 1.54) is 109 Å². The van der Waals surface area contributed by atoms with Crippen molar-refractivity contribution >= 4 is 0 Å². The summed E-state index contributed by atoms with van der Waals surface area (Å²) >= 11 is 0. The minimum absolute atomic E-state index is 0.655. The fourth-order valence-electron chi connectivity index (χ4n) is 4.19. The zero-order valence-electron chi connectivity index (χ0n) is 18.9. The largest absolute Gasteiger partial charge is 0.0654 e. The zero-order valence-corrected chi connectivity index (χ0v) is 18.9. The number of hydrogen-bond acceptors (Lipinski definition) is 0. The fraction of sp³-hybridized carbons (Fsp3) is 0.778. The lowest BCUT2D eigenvalue weighted by Gasteiger charge is -2.12. The summed E-state index contributed by atoms with van der Waals surface area (Å²) in [6, 6.07) is 9.03. The van der Waals surface area contributed by atoms with Crippen molar-refractivity contribution in [2.45, 2.75) is 136 Å². The molecular formula is C27H48. The molecule has 0 spiro atoms. The zero-order chi connectivity index (χ0) is 19.6. The highest BCUT2D eigenvalue weighted by Crippen LogP contribution is 2.21. The second kappa shape index (κ2) is 17.3. The Morgan fingerprint density at radius 3 is 1.41 bits per heavy atom. The Bertz CT molecular complexity index is 431. The van der Waals surface area contributed by atoms with Gasteiger partial charge in [0, 0.05) is 0 Å². The summed E-state index contributed by atoms with van der Waals surface area (Å²) in [4.78, 5) is 0. The van der Waals surface area contributed by atoms with Gasteiger partial charge in [-0.05, 0) is 29.9 Å². The summed E-state index contributed by atoms with van der Waals surface area (Å²) in [5, 5.41) is 0. The number of rotatable bonds is 18. The van der Waals surface area contributed by atoms with Crippen LogP contribution in [0.5, 0.6) is 0 Å². The van der Waals surface area contributed by atoms with E-state index in [2.05, 4.69) is 45.0 Å². The van der Waals surface area contributed by atoms with E-state index in [-0.39, 0.29) is 0 Å². The van der Waals surface area contributed by atoms with Crippen molar-refractivity contribution in [3.63, 3.8) is 0 Å². The topological polar surface area (TPSA) is 0 Å². The maximum absolute atomic E-state index is 2.33. The van der Waals surface area contributed by atoms with Crippen LogP contribution in [-0.4, -0.2) is 0 Å². The Morgan fingerprint density at radius 2 is 0.963 bits per heavy atom. The highest BCUT2D eigenvalue weighted by atomic mass is 14.1. The van der Waals surface area contributed by atoms with Gasteiger partial charge in [-0.1, -0.05) is 141 Å². The van der Waals surface area contributed by atoms with Gasteiger partial charge in [-0.25, -0.2) is 0 Å². The molecule has 1 rings (SSSR count). The smallest absolute Gasteiger partial charge is 0.0216 e. The molecule has 0 amide bonds. The summed E-state index contributed by atoms with van der Waals surface area (Å²) < 4.78 is 0. The monoisotopic (exact) mass is 372 g/mol. The van der Waals surface area contributed by atoms with Crippen molar-refractivity contribution in [1.82, 2.24) is 0 Å². The fourth-order valence-corrected chi connectivity index (χ4v) is 4.19. The van der Waals surface area contributed by atoms with E-state index in [1.54, 1.807) is 11.1 Å². The number of aryl methyl sites for hydroxylation is 1. The average molecular weight is 373 g/mol. The van der Waals surface area contributed by atoms with Crippen LogP contribution in [0.3, 0.4) is 0 Å². The lowest BCUT2D eigenvalue weighted by Crippen LogP contribution is -1.96. The maximum Gasteiger partial charge on any atom is -0.0216 e. The SMILES string of the molecule is CCCCCCCCCCCCCCCCCCc1ccccc1C(C)C. The summed E-state index contributed by atoms with van der Waals surface area (Å²) in [5.41, 5.74) is 3.14. The Hall–Kier alpha value is -0.780. The van der Waals surface area contributed by atoms with Gasteiger partial charge in [-0.2, -0.15) is 0 Å². The van der Waals surface area contributed by atoms with Crippen LogP contribution < -0.4 is 0 Å². The van der Waals surface area contributed by atoms with Crippen LogP contribution in [0.2, 0.25) is 0 Å². The highest BCUT2D eigenvalue weighted by Gasteiger charge is 2.05. The lowest BCUT2D eigenvalue weighted by atomic mass is 9.93. The van der Waals surface area contributed by atoms with Crippen molar-refractivity contribution in [3.8, 4) is 0 Å². The third-order valence-corrected chi connectivity index (χ3v) is 5.98. The first-order valence-electron chi connectivity index (χ1n) is 12.3. The first-order chi connectivity index (χ1) is 13.3. The summed E-state index contributed by atoms with van der Waals surface area (Å²) in [7, 11) is 0. The molecule has 27 heavy (non-hydrogen) atoms. The highest BCUT2D eigenvalue weighted by molar-refractivity contribution is 5.29. The van der Waals surface area contributed by atoms with Crippen molar-refractivity contribution in [2.24, 2.45) is 0 Å². The molecule has 0 radical (unpaired) electrons. The molecule has 0 nitrogen and oxygen atoms in total. The van der Waals surface area contributed by atoms with E-state index >= 15 is 0 Å². The van der Waals surface area contributed by atoms with Gasteiger partial charge in [0.25, 0.3) is 0 Å². The van der Waals surface area contributed by atoms with Crippen LogP contribution >= 0.6 is 0 Å². The van der Waals surface area contributed by atoms with Gasteiger partial charge in [0.2, 0.25) is 0 Å². The average Bonchev–Trinajstić information content (AvgIpc) is 2.68. The van der Waals surface area contributed by atoms with Crippen molar-refractivity contribution in [2.75, 3.05) is 0 Å². The predicted octanol–water partition coefficient (Wildman–Crippen LogP) is 9.61. The molecule has 0 unspecified atom stereocenters. The van der Waals surface area contributed by atoms with Crippen LogP contribution in [0.4, 0.5) is 0 Å². The number of benzene rings is 1. The molecule has 0 aromatic heterocycles. The summed E-state index contributed by atoms with van der Waals surface area (Å²) in [6.45, 7) is 6.92. The quantitative estimate of drug-likeness (QED) is 0.225. The van der Waals surface area contributed by atoms with Gasteiger partial charge < -0.3 is 0 Å². The molecule has 0 bridgehead atoms. The lowest BCUT2D eigenvalue weighted by molar-refractivity contribution is 0.529. The molecule has 156 valence electrons. The molecule has 0 aliphatic rings. The van der Waals surface area contributed by atoms with Crippen LogP contribution in [0.15, 0.2) is 24.3 Å². The van der Waals surface area contributed by atoms with Crippen molar-refractivity contribution in [3.05, 3.63) is 35.4 Å². The molecule has 1 aromatic rings. The van der Waals surface area contributed by atoms with Crippen LogP contribution in [0.1, 0.15) is 141 Å². The van der Waals surface area contributed by atoms with Gasteiger partial charge in [-0.3, -0.25) is 0 Å². The van der Waals surface area contributed by atoms with Crippen LogP contribution in [0.25, 0.3) is 0 Å². The molecule has 0 aliphatic carbocycles. The van der Waals surface area contributed by atoms with Gasteiger partial charge in [0.15, 0.2) is 0 Å². The number of hydrogen-bond donors (Lipinski definition) is 0. The second-order valence-corrected chi connectivity index (χ2v) is 8.91. The van der Waals surface area contributed by atoms with E-state index in [4.69, 9.17) is 0 Å².